The van der Waals surface area contributed by atoms with Crippen molar-refractivity contribution >= 4 is 5.78 Å². The quantitative estimate of drug-likeness (QED) is 0.833. The number of imidazole rings is 1. The van der Waals surface area contributed by atoms with Crippen molar-refractivity contribution in [3.05, 3.63) is 18.2 Å². The van der Waals surface area contributed by atoms with Gasteiger partial charge in [0.1, 0.15) is 11.6 Å². The van der Waals surface area contributed by atoms with Crippen LogP contribution in [0.1, 0.15) is 57.7 Å². The molecule has 112 valence electrons. The molecule has 0 unspecified atom stereocenters. The van der Waals surface area contributed by atoms with E-state index in [1.165, 1.54) is 19.3 Å². The van der Waals surface area contributed by atoms with Crippen molar-refractivity contribution in [1.82, 2.24) is 14.9 Å². The van der Waals surface area contributed by atoms with Gasteiger partial charge in [-0.3, -0.25) is 4.79 Å². The van der Waals surface area contributed by atoms with Crippen molar-refractivity contribution in [3.8, 4) is 0 Å². The Kier molecular flexibility index (Phi) is 5.35. The first-order valence-electron chi connectivity index (χ1n) is 7.90. The Labute approximate surface area is 122 Å². The molecule has 4 nitrogen and oxygen atoms in total. The zero-order valence-corrected chi connectivity index (χ0v) is 12.8. The molecule has 0 aromatic carbocycles. The topological polar surface area (TPSA) is 46.9 Å². The summed E-state index contributed by atoms with van der Waals surface area (Å²) in [7, 11) is 2.00. The summed E-state index contributed by atoms with van der Waals surface area (Å²) in [6.07, 6.45) is 12.0. The Bertz CT molecular complexity index is 433. The van der Waals surface area contributed by atoms with Crippen molar-refractivity contribution < 1.29 is 4.79 Å². The van der Waals surface area contributed by atoms with Crippen LogP contribution >= 0.6 is 0 Å². The van der Waals surface area contributed by atoms with Gasteiger partial charge in [-0.2, -0.15) is 0 Å². The molecule has 0 bridgehead atoms. The maximum absolute atomic E-state index is 12.4. The summed E-state index contributed by atoms with van der Waals surface area (Å²) in [6, 6.07) is 0. The summed E-state index contributed by atoms with van der Waals surface area (Å²) in [5.41, 5.74) is 0.0392. The Hall–Kier alpha value is -1.16. The van der Waals surface area contributed by atoms with E-state index in [1.54, 1.807) is 6.20 Å². The molecule has 1 aromatic rings. The van der Waals surface area contributed by atoms with E-state index < -0.39 is 0 Å². The standard InChI is InChI=1S/C16H27N3O/c1-3-10-19-11-9-18-15(19)12-14(20)13-16(17-2)7-5-4-6-8-16/h9,11,17H,3-8,10,12-13H2,1-2H3. The van der Waals surface area contributed by atoms with Crippen LogP contribution in [0.4, 0.5) is 0 Å². The zero-order chi connectivity index (χ0) is 14.4. The number of nitrogens with one attached hydrogen (secondary N) is 1. The number of carbonyl (C=O) groups excluding carboxylic acids is 1. The molecule has 1 fully saturated rings. The Morgan fingerprint density at radius 2 is 2.15 bits per heavy atom. The minimum atomic E-state index is 0.0392. The van der Waals surface area contributed by atoms with Crippen LogP contribution in [-0.2, 0) is 17.8 Å². The lowest BCUT2D eigenvalue weighted by Crippen LogP contribution is -2.46. The molecule has 0 radical (unpaired) electrons. The van der Waals surface area contributed by atoms with Crippen molar-refractivity contribution in [3.63, 3.8) is 0 Å². The van der Waals surface area contributed by atoms with Gasteiger partial charge in [0.05, 0.1) is 6.42 Å². The predicted octanol–water partition coefficient (Wildman–Crippen LogP) is 2.72. The van der Waals surface area contributed by atoms with Crippen LogP contribution in [0.25, 0.3) is 0 Å². The maximum atomic E-state index is 12.4. The molecule has 0 atom stereocenters. The molecule has 1 N–H and O–H groups in total. The van der Waals surface area contributed by atoms with E-state index in [2.05, 4.69) is 21.8 Å². The molecule has 4 heteroatoms. The average molecular weight is 277 g/mol. The summed E-state index contributed by atoms with van der Waals surface area (Å²) in [4.78, 5) is 16.7. The first kappa shape index (κ1) is 15.2. The van der Waals surface area contributed by atoms with Crippen LogP contribution in [0.3, 0.4) is 0 Å². The number of hydrogen-bond donors (Lipinski definition) is 1. The molecular formula is C16H27N3O. The summed E-state index contributed by atoms with van der Waals surface area (Å²) < 4.78 is 2.10. The largest absolute Gasteiger partial charge is 0.335 e. The van der Waals surface area contributed by atoms with Crippen LogP contribution in [0, 0.1) is 0 Å². The molecule has 0 amide bonds. The maximum Gasteiger partial charge on any atom is 0.142 e. The fourth-order valence-corrected chi connectivity index (χ4v) is 3.31. The summed E-state index contributed by atoms with van der Waals surface area (Å²) in [5, 5.41) is 3.42. The van der Waals surface area contributed by atoms with Gasteiger partial charge in [0.2, 0.25) is 0 Å². The number of nitrogens with zero attached hydrogens (tertiary/aromatic N) is 2. The minimum absolute atomic E-state index is 0.0392. The Morgan fingerprint density at radius 3 is 2.80 bits per heavy atom. The van der Waals surface area contributed by atoms with Gasteiger partial charge in [0.25, 0.3) is 0 Å². The first-order chi connectivity index (χ1) is 9.69. The third-order valence-corrected chi connectivity index (χ3v) is 4.50. The molecule has 1 heterocycles. The number of aromatic nitrogens is 2. The Morgan fingerprint density at radius 1 is 1.40 bits per heavy atom. The van der Waals surface area contributed by atoms with Crippen LogP contribution in [0.5, 0.6) is 0 Å². The van der Waals surface area contributed by atoms with Crippen molar-refractivity contribution in [2.45, 2.75) is 70.4 Å². The highest BCUT2D eigenvalue weighted by molar-refractivity contribution is 5.81. The number of aryl methyl sites for hydroxylation is 1. The van der Waals surface area contributed by atoms with E-state index in [0.717, 1.165) is 31.6 Å². The van der Waals surface area contributed by atoms with Gasteiger partial charge < -0.3 is 9.88 Å². The SMILES string of the molecule is CCCn1ccnc1CC(=O)CC1(NC)CCCCC1. The normalized spacial score (nSPS) is 18.1. The van der Waals surface area contributed by atoms with Crippen LogP contribution in [0.15, 0.2) is 12.4 Å². The molecule has 20 heavy (non-hydrogen) atoms. The van der Waals surface area contributed by atoms with Gasteiger partial charge in [0, 0.05) is 30.9 Å². The van der Waals surface area contributed by atoms with Crippen LogP contribution in [0.2, 0.25) is 0 Å². The summed E-state index contributed by atoms with van der Waals surface area (Å²) in [5.74, 6) is 1.23. The van der Waals surface area contributed by atoms with E-state index in [0.29, 0.717) is 18.6 Å². The number of hydrogen-bond acceptors (Lipinski definition) is 3. The second-order valence-corrected chi connectivity index (χ2v) is 6.02. The summed E-state index contributed by atoms with van der Waals surface area (Å²) in [6.45, 7) is 3.09. The number of Topliss-reactive ketones (excluding diaryl/α,β-unsaturated/α-hetero) is 1. The van der Waals surface area contributed by atoms with Crippen molar-refractivity contribution in [1.29, 1.82) is 0 Å². The van der Waals surface area contributed by atoms with Crippen LogP contribution < -0.4 is 5.32 Å². The smallest absolute Gasteiger partial charge is 0.142 e. The van der Waals surface area contributed by atoms with Gasteiger partial charge in [-0.05, 0) is 26.3 Å². The van der Waals surface area contributed by atoms with E-state index in [9.17, 15) is 4.79 Å². The highest BCUT2D eigenvalue weighted by Crippen LogP contribution is 2.31. The van der Waals surface area contributed by atoms with Gasteiger partial charge >= 0.3 is 0 Å². The molecular weight excluding hydrogens is 250 g/mol. The highest BCUT2D eigenvalue weighted by atomic mass is 16.1. The molecule has 1 aliphatic rings. The van der Waals surface area contributed by atoms with Crippen LogP contribution in [-0.4, -0.2) is 27.9 Å². The fraction of sp³-hybridized carbons (Fsp3) is 0.750. The van der Waals surface area contributed by atoms with Gasteiger partial charge in [-0.15, -0.1) is 0 Å². The lowest BCUT2D eigenvalue weighted by atomic mass is 9.78. The highest BCUT2D eigenvalue weighted by Gasteiger charge is 2.32. The van der Waals surface area contributed by atoms with E-state index >= 15 is 0 Å². The molecule has 0 aliphatic heterocycles. The molecule has 1 aromatic heterocycles. The van der Waals surface area contributed by atoms with Gasteiger partial charge in [-0.25, -0.2) is 4.98 Å². The average Bonchev–Trinajstić information content (AvgIpc) is 2.87. The van der Waals surface area contributed by atoms with E-state index in [4.69, 9.17) is 0 Å². The number of ketones is 1. The summed E-state index contributed by atoms with van der Waals surface area (Å²) >= 11 is 0. The molecule has 2 rings (SSSR count). The predicted molar refractivity (Wildman–Crippen MR) is 80.7 cm³/mol. The van der Waals surface area contributed by atoms with Crippen molar-refractivity contribution in [2.24, 2.45) is 0 Å². The lowest BCUT2D eigenvalue weighted by Gasteiger charge is -2.36. The monoisotopic (exact) mass is 277 g/mol. The minimum Gasteiger partial charge on any atom is -0.335 e. The molecule has 0 saturated heterocycles. The Balaban J connectivity index is 1.95. The van der Waals surface area contributed by atoms with Gasteiger partial charge in [-0.1, -0.05) is 26.2 Å². The molecule has 0 spiro atoms. The van der Waals surface area contributed by atoms with E-state index in [-0.39, 0.29) is 5.54 Å². The number of rotatable bonds is 7. The lowest BCUT2D eigenvalue weighted by molar-refractivity contribution is -0.120. The second kappa shape index (κ2) is 7.02. The fourth-order valence-electron chi connectivity index (χ4n) is 3.31. The van der Waals surface area contributed by atoms with Gasteiger partial charge in [0.15, 0.2) is 0 Å². The molecule has 1 aliphatic carbocycles. The third kappa shape index (κ3) is 3.69. The number of carbonyl (C=O) groups is 1. The first-order valence-corrected chi connectivity index (χ1v) is 7.90. The van der Waals surface area contributed by atoms with Crippen molar-refractivity contribution in [2.75, 3.05) is 7.05 Å². The second-order valence-electron chi connectivity index (χ2n) is 6.02. The zero-order valence-electron chi connectivity index (χ0n) is 12.8. The van der Waals surface area contributed by atoms with E-state index in [1.807, 2.05) is 13.2 Å². The third-order valence-electron chi connectivity index (χ3n) is 4.50. The molecule has 1 saturated carbocycles.